The Hall–Kier alpha value is -4.04. The lowest BCUT2D eigenvalue weighted by molar-refractivity contribution is -0.178. The van der Waals surface area contributed by atoms with Crippen molar-refractivity contribution in [3.63, 3.8) is 0 Å². The third-order valence-electron chi connectivity index (χ3n) is 6.86. The van der Waals surface area contributed by atoms with Gasteiger partial charge in [-0.05, 0) is 68.4 Å². The zero-order valence-electron chi connectivity index (χ0n) is 27.0. The summed E-state index contributed by atoms with van der Waals surface area (Å²) < 4.78 is 17.0. The molecule has 0 unspecified atom stereocenters. The number of carbonyl (C=O) groups excluding carboxylic acids is 4. The van der Waals surface area contributed by atoms with E-state index in [1.54, 1.807) is 79.7 Å². The largest absolute Gasteiger partial charge is 0.458 e. The highest BCUT2D eigenvalue weighted by Crippen LogP contribution is 2.26. The predicted octanol–water partition coefficient (Wildman–Crippen LogP) is 5.98. The van der Waals surface area contributed by atoms with Gasteiger partial charge in [-0.15, -0.1) is 0 Å². The Bertz CT molecular complexity index is 1450. The number of rotatable bonds is 12. The van der Waals surface area contributed by atoms with Crippen molar-refractivity contribution in [3.05, 3.63) is 83.9 Å². The zero-order valence-corrected chi connectivity index (χ0v) is 27.0. The number of amides is 1. The molecule has 0 spiro atoms. The van der Waals surface area contributed by atoms with Crippen LogP contribution in [0.25, 0.3) is 10.8 Å². The predicted molar refractivity (Wildman–Crippen MR) is 170 cm³/mol. The van der Waals surface area contributed by atoms with Crippen molar-refractivity contribution in [2.24, 2.45) is 11.3 Å². The number of carbonyl (C=O) groups is 4. The van der Waals surface area contributed by atoms with Crippen LogP contribution in [-0.2, 0) is 46.4 Å². The van der Waals surface area contributed by atoms with Gasteiger partial charge >= 0.3 is 11.9 Å². The zero-order chi connectivity index (χ0) is 32.7. The Morgan fingerprint density at radius 2 is 1.39 bits per heavy atom. The monoisotopic (exact) mass is 603 g/mol. The van der Waals surface area contributed by atoms with E-state index < -0.39 is 58.8 Å². The summed E-state index contributed by atoms with van der Waals surface area (Å²) in [6, 6.07) is 21.4. The Morgan fingerprint density at radius 3 is 1.98 bits per heavy atom. The Kier molecular flexibility index (Phi) is 11.4. The van der Waals surface area contributed by atoms with Crippen LogP contribution in [-0.4, -0.2) is 47.5 Å². The van der Waals surface area contributed by atoms with E-state index in [-0.39, 0.29) is 13.0 Å². The molecule has 3 aromatic carbocycles. The van der Waals surface area contributed by atoms with Crippen LogP contribution >= 0.6 is 0 Å². The van der Waals surface area contributed by atoms with Gasteiger partial charge in [0.05, 0.1) is 12.0 Å². The van der Waals surface area contributed by atoms with Crippen molar-refractivity contribution in [2.45, 2.75) is 92.3 Å². The standard InChI is InChI=1S/C36H45NO7/c1-23(2)43-30(34(41)44-36(6,7)8)28(21-25-18-19-26-16-12-13-17-27(26)20-25)32(39)37-31(35(3,4)5)29(38)33(40)42-22-24-14-10-9-11-15-24/h9-20,23,28,30-31H,21-22H2,1-8H3,(H,37,39)/t28-,30+,31-/m1/s1. The molecule has 0 bridgehead atoms. The van der Waals surface area contributed by atoms with Gasteiger partial charge in [0, 0.05) is 0 Å². The van der Waals surface area contributed by atoms with Gasteiger partial charge in [0.15, 0.2) is 6.10 Å². The number of hydrogen-bond donors (Lipinski definition) is 1. The normalized spacial score (nSPS) is 14.0. The van der Waals surface area contributed by atoms with Crippen LogP contribution < -0.4 is 5.32 Å². The van der Waals surface area contributed by atoms with Gasteiger partial charge in [-0.25, -0.2) is 9.59 Å². The Labute approximate surface area is 260 Å². The SMILES string of the molecule is CC(C)O[C@H](C(=O)OC(C)(C)C)[C@@H](Cc1ccc2ccccc2c1)C(=O)N[C@H](C(=O)C(=O)OCc1ccccc1)C(C)(C)C. The molecule has 0 fully saturated rings. The first-order chi connectivity index (χ1) is 20.5. The van der Waals surface area contributed by atoms with Gasteiger partial charge < -0.3 is 19.5 Å². The quantitative estimate of drug-likeness (QED) is 0.201. The fourth-order valence-corrected chi connectivity index (χ4v) is 4.76. The molecule has 0 saturated carbocycles. The van der Waals surface area contributed by atoms with E-state index in [1.807, 2.05) is 48.5 Å². The van der Waals surface area contributed by atoms with Gasteiger partial charge in [0.1, 0.15) is 18.2 Å². The number of hydrogen-bond acceptors (Lipinski definition) is 7. The molecule has 44 heavy (non-hydrogen) atoms. The first kappa shape index (κ1) is 34.5. The lowest BCUT2D eigenvalue weighted by atomic mass is 9.83. The van der Waals surface area contributed by atoms with Gasteiger partial charge in [-0.1, -0.05) is 93.6 Å². The lowest BCUT2D eigenvalue weighted by Gasteiger charge is -2.33. The molecule has 0 aliphatic rings. The van der Waals surface area contributed by atoms with E-state index in [9.17, 15) is 19.2 Å². The van der Waals surface area contributed by atoms with Gasteiger partial charge in [0.2, 0.25) is 5.91 Å². The summed E-state index contributed by atoms with van der Waals surface area (Å²) in [6.07, 6.45) is -1.56. The highest BCUT2D eigenvalue weighted by molar-refractivity contribution is 6.36. The fourth-order valence-electron chi connectivity index (χ4n) is 4.76. The fraction of sp³-hybridized carbons (Fsp3) is 0.444. The third-order valence-corrected chi connectivity index (χ3v) is 6.86. The van der Waals surface area contributed by atoms with E-state index in [0.717, 1.165) is 21.9 Å². The van der Waals surface area contributed by atoms with Crippen molar-refractivity contribution < 1.29 is 33.4 Å². The van der Waals surface area contributed by atoms with Crippen LogP contribution in [0.4, 0.5) is 0 Å². The number of Topliss-reactive ketones (excluding diaryl/α,β-unsaturated/α-hetero) is 1. The molecule has 1 amide bonds. The first-order valence-electron chi connectivity index (χ1n) is 15.0. The number of nitrogens with one attached hydrogen (secondary N) is 1. The van der Waals surface area contributed by atoms with Crippen LogP contribution in [0.2, 0.25) is 0 Å². The van der Waals surface area contributed by atoms with Crippen LogP contribution in [0, 0.1) is 11.3 Å². The minimum atomic E-state index is -1.28. The molecule has 3 aromatic rings. The van der Waals surface area contributed by atoms with E-state index in [2.05, 4.69) is 5.32 Å². The number of benzene rings is 3. The maximum Gasteiger partial charge on any atom is 0.377 e. The molecule has 0 saturated heterocycles. The average molecular weight is 604 g/mol. The van der Waals surface area contributed by atoms with Crippen LogP contribution in [0.5, 0.6) is 0 Å². The third kappa shape index (κ3) is 10.0. The molecule has 0 radical (unpaired) electrons. The maximum absolute atomic E-state index is 14.2. The summed E-state index contributed by atoms with van der Waals surface area (Å²) in [5.74, 6) is -4.31. The molecule has 3 rings (SSSR count). The van der Waals surface area contributed by atoms with E-state index >= 15 is 0 Å². The molecule has 0 heterocycles. The number of fused-ring (bicyclic) bond motifs is 1. The molecular weight excluding hydrogens is 558 g/mol. The van der Waals surface area contributed by atoms with Crippen LogP contribution in [0.1, 0.15) is 66.5 Å². The van der Waals surface area contributed by atoms with Crippen molar-refractivity contribution in [2.75, 3.05) is 0 Å². The molecule has 1 N–H and O–H groups in total. The molecule has 0 aromatic heterocycles. The Morgan fingerprint density at radius 1 is 0.773 bits per heavy atom. The highest BCUT2D eigenvalue weighted by atomic mass is 16.6. The second kappa shape index (κ2) is 14.6. The van der Waals surface area contributed by atoms with Gasteiger partial charge in [0.25, 0.3) is 5.78 Å². The van der Waals surface area contributed by atoms with Crippen molar-refractivity contribution >= 4 is 34.4 Å². The highest BCUT2D eigenvalue weighted by Gasteiger charge is 2.43. The average Bonchev–Trinajstić information content (AvgIpc) is 2.94. The van der Waals surface area contributed by atoms with Gasteiger partial charge in [-0.2, -0.15) is 0 Å². The minimum absolute atomic E-state index is 0.0796. The molecule has 236 valence electrons. The van der Waals surface area contributed by atoms with Crippen molar-refractivity contribution in [3.8, 4) is 0 Å². The van der Waals surface area contributed by atoms with E-state index in [4.69, 9.17) is 14.2 Å². The second-order valence-corrected chi connectivity index (χ2v) is 13.4. The topological polar surface area (TPSA) is 108 Å². The van der Waals surface area contributed by atoms with Crippen LogP contribution in [0.15, 0.2) is 72.8 Å². The molecule has 8 heteroatoms. The first-order valence-corrected chi connectivity index (χ1v) is 15.0. The van der Waals surface area contributed by atoms with Crippen molar-refractivity contribution in [1.29, 1.82) is 0 Å². The maximum atomic E-state index is 14.2. The van der Waals surface area contributed by atoms with Crippen LogP contribution in [0.3, 0.4) is 0 Å². The summed E-state index contributed by atoms with van der Waals surface area (Å²) in [5, 5.41) is 4.80. The Balaban J connectivity index is 1.95. The van der Waals surface area contributed by atoms with E-state index in [1.165, 1.54) is 0 Å². The second-order valence-electron chi connectivity index (χ2n) is 13.4. The summed E-state index contributed by atoms with van der Waals surface area (Å²) in [6.45, 7) is 13.9. The lowest BCUT2D eigenvalue weighted by Crippen LogP contribution is -2.56. The van der Waals surface area contributed by atoms with Crippen molar-refractivity contribution in [1.82, 2.24) is 5.32 Å². The number of esters is 2. The smallest absolute Gasteiger partial charge is 0.377 e. The molecular formula is C36H45NO7. The molecule has 3 atom stereocenters. The molecule has 0 aliphatic heterocycles. The summed E-state index contributed by atoms with van der Waals surface area (Å²) in [7, 11) is 0. The number of ketones is 1. The van der Waals surface area contributed by atoms with E-state index in [0.29, 0.717) is 0 Å². The molecule has 0 aliphatic carbocycles. The number of ether oxygens (including phenoxy) is 3. The van der Waals surface area contributed by atoms with Gasteiger partial charge in [-0.3, -0.25) is 9.59 Å². The molecule has 8 nitrogen and oxygen atoms in total. The summed E-state index contributed by atoms with van der Waals surface area (Å²) >= 11 is 0. The minimum Gasteiger partial charge on any atom is -0.458 e. The summed E-state index contributed by atoms with van der Waals surface area (Å²) in [5.41, 5.74) is -0.157. The summed E-state index contributed by atoms with van der Waals surface area (Å²) in [4.78, 5) is 54.0.